The Kier molecular flexibility index (Phi) is 7.12. The minimum atomic E-state index is -0.454. The fourth-order valence-corrected chi connectivity index (χ4v) is 3.75. The van der Waals surface area contributed by atoms with Gasteiger partial charge in [-0.05, 0) is 60.2 Å². The molecule has 0 unspecified atom stereocenters. The number of halogens is 2. The van der Waals surface area contributed by atoms with Crippen molar-refractivity contribution in [2.45, 2.75) is 20.5 Å². The topological polar surface area (TPSA) is 77.0 Å². The van der Waals surface area contributed by atoms with Gasteiger partial charge in [0.1, 0.15) is 12.4 Å². The van der Waals surface area contributed by atoms with Crippen LogP contribution in [0.3, 0.4) is 0 Å². The van der Waals surface area contributed by atoms with E-state index in [0.717, 1.165) is 11.8 Å². The van der Waals surface area contributed by atoms with Crippen molar-refractivity contribution in [2.24, 2.45) is 4.99 Å². The number of nitrogens with zero attached hydrogens (tertiary/aromatic N) is 1. The first-order valence-corrected chi connectivity index (χ1v) is 10.2. The molecule has 30 heavy (non-hydrogen) atoms. The fourth-order valence-electron chi connectivity index (χ4n) is 2.62. The van der Waals surface area contributed by atoms with Gasteiger partial charge in [-0.2, -0.15) is 4.99 Å². The zero-order valence-electron chi connectivity index (χ0n) is 16.2. The Hall–Kier alpha value is -2.84. The second-order valence-electron chi connectivity index (χ2n) is 6.20. The van der Waals surface area contributed by atoms with E-state index >= 15 is 0 Å². The number of ether oxygens (including phenoxy) is 2. The molecule has 3 rings (SSSR count). The molecule has 0 radical (unpaired) electrons. The number of carbonyl (C=O) groups is 2. The minimum absolute atomic E-state index is 0.111. The van der Waals surface area contributed by atoms with Crippen molar-refractivity contribution in [3.63, 3.8) is 0 Å². The van der Waals surface area contributed by atoms with E-state index in [-0.39, 0.29) is 28.5 Å². The minimum Gasteiger partial charge on any atom is -0.490 e. The second-order valence-corrected chi connectivity index (χ2v) is 7.63. The summed E-state index contributed by atoms with van der Waals surface area (Å²) in [5.41, 5.74) is 1.26. The maximum Gasteiger partial charge on any atom is 0.286 e. The third-order valence-electron chi connectivity index (χ3n) is 3.81. The van der Waals surface area contributed by atoms with Gasteiger partial charge in [-0.3, -0.25) is 9.59 Å². The molecular weight excluding hydrogens is 431 g/mol. The van der Waals surface area contributed by atoms with Gasteiger partial charge < -0.3 is 14.8 Å². The van der Waals surface area contributed by atoms with E-state index in [0.29, 0.717) is 34.1 Å². The molecule has 1 aliphatic rings. The third-order valence-corrected chi connectivity index (χ3v) is 4.98. The van der Waals surface area contributed by atoms with Crippen molar-refractivity contribution in [3.8, 4) is 11.5 Å². The van der Waals surface area contributed by atoms with Crippen LogP contribution < -0.4 is 14.8 Å². The van der Waals surface area contributed by atoms with E-state index in [2.05, 4.69) is 10.3 Å². The molecule has 1 N–H and O–H groups in total. The first-order chi connectivity index (χ1) is 14.4. The van der Waals surface area contributed by atoms with Gasteiger partial charge in [0.2, 0.25) is 5.91 Å². The van der Waals surface area contributed by atoms with Crippen molar-refractivity contribution < 1.29 is 23.5 Å². The Morgan fingerprint density at radius 3 is 2.80 bits per heavy atom. The van der Waals surface area contributed by atoms with Gasteiger partial charge in [0.25, 0.3) is 5.91 Å². The average Bonchev–Trinajstić information content (AvgIpc) is 2.99. The number of carbonyl (C=O) groups excluding carboxylic acids is 2. The average molecular weight is 449 g/mol. The predicted molar refractivity (Wildman–Crippen MR) is 115 cm³/mol. The number of amides is 2. The summed E-state index contributed by atoms with van der Waals surface area (Å²) < 4.78 is 24.8. The fraction of sp³-hybridized carbons (Fsp3) is 0.190. The predicted octanol–water partition coefficient (Wildman–Crippen LogP) is 4.56. The van der Waals surface area contributed by atoms with Crippen LogP contribution in [0.4, 0.5) is 4.39 Å². The molecule has 0 saturated heterocycles. The van der Waals surface area contributed by atoms with Crippen LogP contribution >= 0.6 is 23.4 Å². The largest absolute Gasteiger partial charge is 0.490 e. The van der Waals surface area contributed by atoms with Gasteiger partial charge in [-0.15, -0.1) is 0 Å². The number of benzene rings is 2. The summed E-state index contributed by atoms with van der Waals surface area (Å²) in [7, 11) is 0. The van der Waals surface area contributed by atoms with Gasteiger partial charge in [-0.25, -0.2) is 4.39 Å². The van der Waals surface area contributed by atoms with Crippen LogP contribution in [0.2, 0.25) is 5.02 Å². The highest BCUT2D eigenvalue weighted by atomic mass is 35.5. The molecule has 2 aromatic carbocycles. The summed E-state index contributed by atoms with van der Waals surface area (Å²) in [5.74, 6) is -0.396. The lowest BCUT2D eigenvalue weighted by molar-refractivity contribution is -0.117. The Morgan fingerprint density at radius 1 is 1.30 bits per heavy atom. The lowest BCUT2D eigenvalue weighted by Gasteiger charge is -2.15. The SMILES string of the molecule is CCOc1cc(/C=C2\SC(NC(C)=O)=NC2=O)cc(Cl)c1OCc1cccc(F)c1. The van der Waals surface area contributed by atoms with Gasteiger partial charge in [0.15, 0.2) is 16.7 Å². The number of aliphatic imine (C=N–C) groups is 1. The number of thioether (sulfide) groups is 1. The van der Waals surface area contributed by atoms with Gasteiger partial charge in [-0.1, -0.05) is 23.7 Å². The van der Waals surface area contributed by atoms with Crippen molar-refractivity contribution in [3.05, 3.63) is 63.3 Å². The summed E-state index contributed by atoms with van der Waals surface area (Å²) in [5, 5.41) is 3.00. The van der Waals surface area contributed by atoms with Crippen LogP contribution in [0.1, 0.15) is 25.0 Å². The molecule has 0 fully saturated rings. The summed E-state index contributed by atoms with van der Waals surface area (Å²) in [6.45, 7) is 3.64. The molecule has 2 aromatic rings. The Labute approximate surface area is 182 Å². The summed E-state index contributed by atoms with van der Waals surface area (Å²) >= 11 is 7.46. The van der Waals surface area contributed by atoms with Crippen molar-refractivity contribution in [1.82, 2.24) is 5.32 Å². The van der Waals surface area contributed by atoms with E-state index in [1.54, 1.807) is 30.3 Å². The van der Waals surface area contributed by atoms with E-state index in [4.69, 9.17) is 21.1 Å². The molecule has 9 heteroatoms. The van der Waals surface area contributed by atoms with Crippen LogP contribution in [0.5, 0.6) is 11.5 Å². The van der Waals surface area contributed by atoms with Crippen LogP contribution in [0.25, 0.3) is 6.08 Å². The maximum atomic E-state index is 13.4. The first kappa shape index (κ1) is 21.9. The Balaban J connectivity index is 1.82. The van der Waals surface area contributed by atoms with Crippen LogP contribution in [0.15, 0.2) is 46.3 Å². The van der Waals surface area contributed by atoms with Gasteiger partial charge >= 0.3 is 0 Å². The molecule has 0 saturated carbocycles. The molecule has 156 valence electrons. The maximum absolute atomic E-state index is 13.4. The number of rotatable bonds is 6. The van der Waals surface area contributed by atoms with E-state index in [9.17, 15) is 14.0 Å². The standard InChI is InChI=1S/C21H18ClFN2O4S/c1-3-28-17-9-14(10-18-20(27)25-21(30-18)24-12(2)26)8-16(22)19(17)29-11-13-5-4-6-15(23)7-13/h4-10H,3,11H2,1-2H3,(H,24,25,26,27)/b18-10-. The normalized spacial score (nSPS) is 14.6. The number of amidine groups is 1. The summed E-state index contributed by atoms with van der Waals surface area (Å²) in [6.07, 6.45) is 1.61. The molecule has 1 heterocycles. The molecule has 6 nitrogen and oxygen atoms in total. The smallest absolute Gasteiger partial charge is 0.286 e. The molecule has 0 aromatic heterocycles. The van der Waals surface area contributed by atoms with Gasteiger partial charge in [0, 0.05) is 6.92 Å². The Morgan fingerprint density at radius 2 is 2.10 bits per heavy atom. The van der Waals surface area contributed by atoms with Crippen LogP contribution in [0, 0.1) is 5.82 Å². The molecule has 2 amide bonds. The first-order valence-electron chi connectivity index (χ1n) is 8.99. The molecule has 0 spiro atoms. The highest BCUT2D eigenvalue weighted by molar-refractivity contribution is 8.18. The monoisotopic (exact) mass is 448 g/mol. The summed E-state index contributed by atoms with van der Waals surface area (Å²) in [4.78, 5) is 27.4. The van der Waals surface area contributed by atoms with Crippen LogP contribution in [-0.2, 0) is 16.2 Å². The van der Waals surface area contributed by atoms with Crippen molar-refractivity contribution in [1.29, 1.82) is 0 Å². The summed E-state index contributed by atoms with van der Waals surface area (Å²) in [6, 6.07) is 9.39. The van der Waals surface area contributed by atoms with E-state index in [1.165, 1.54) is 19.1 Å². The molecule has 0 aliphatic carbocycles. The second kappa shape index (κ2) is 9.77. The number of hydrogen-bond donors (Lipinski definition) is 1. The highest BCUT2D eigenvalue weighted by Crippen LogP contribution is 2.39. The van der Waals surface area contributed by atoms with E-state index < -0.39 is 5.91 Å². The lowest BCUT2D eigenvalue weighted by atomic mass is 10.1. The zero-order chi connectivity index (χ0) is 21.7. The quantitative estimate of drug-likeness (QED) is 0.655. The van der Waals surface area contributed by atoms with Crippen molar-refractivity contribution in [2.75, 3.05) is 6.61 Å². The number of hydrogen-bond acceptors (Lipinski definition) is 5. The number of nitrogens with one attached hydrogen (secondary N) is 1. The zero-order valence-corrected chi connectivity index (χ0v) is 17.8. The molecular formula is C21H18ClFN2O4S. The Bertz CT molecular complexity index is 1060. The van der Waals surface area contributed by atoms with E-state index in [1.807, 2.05) is 6.92 Å². The molecule has 0 bridgehead atoms. The van der Waals surface area contributed by atoms with Crippen molar-refractivity contribution >= 4 is 46.4 Å². The lowest BCUT2D eigenvalue weighted by Crippen LogP contribution is -2.23. The molecule has 0 atom stereocenters. The van der Waals surface area contributed by atoms with Crippen LogP contribution in [-0.4, -0.2) is 23.6 Å². The third kappa shape index (κ3) is 5.61. The molecule has 1 aliphatic heterocycles. The van der Waals surface area contributed by atoms with Gasteiger partial charge in [0.05, 0.1) is 16.5 Å². The highest BCUT2D eigenvalue weighted by Gasteiger charge is 2.23.